The molecule has 0 aliphatic carbocycles. The third-order valence-electron chi connectivity index (χ3n) is 14.9. The number of carboxylic acid groups (broad SMARTS) is 2. The Morgan fingerprint density at radius 2 is 0.878 bits per heavy atom. The average Bonchev–Trinajstić information content (AvgIpc) is 3.44. The molecular weight excluding hydrogens is 1150 g/mol. The SMILES string of the molecule is C[C@H]1C([C@H](O)[C@H](O)CO)O[C@@](OCC2O[C@@H](O[C@@H]3C(CO)OC(O)C(O)[C@H]3O)[C@@H](O)[C@@H](O)[C@H]2O)(C(=O)[O-])C[C@H]1O.C[C@H]1C([C@H](O)[C@H](O)CO)O[C@@](O[C@@H]2C(O)[C@H](O[C@@H]3C(CO)OC(O)C(O)[C@H]3O)OC(CO)[C@@H]2O)(C(=O)[O-])C[C@H]1O.[Na+].[Na+]. The minimum atomic E-state index is -2.97. The smallest absolute Gasteiger partial charge is 0.544 e. The Morgan fingerprint density at radius 1 is 0.488 bits per heavy atom. The summed E-state index contributed by atoms with van der Waals surface area (Å²) in [5.41, 5.74) is 0. The van der Waals surface area contributed by atoms with Crippen LogP contribution in [0.3, 0.4) is 0 Å². The van der Waals surface area contributed by atoms with Gasteiger partial charge in [-0.05, 0) is 0 Å². The van der Waals surface area contributed by atoms with Crippen molar-refractivity contribution in [2.24, 2.45) is 11.8 Å². The van der Waals surface area contributed by atoms with E-state index in [0.717, 1.165) is 0 Å². The van der Waals surface area contributed by atoms with Crippen molar-refractivity contribution < 1.29 is 239 Å². The molecule has 32 atom stereocenters. The zero-order chi connectivity index (χ0) is 60.2. The van der Waals surface area contributed by atoms with Gasteiger partial charge in [-0.3, -0.25) is 0 Å². The normalized spacial score (nSPS) is 46.8. The van der Waals surface area contributed by atoms with Crippen LogP contribution >= 0.6 is 0 Å². The van der Waals surface area contributed by atoms with Crippen molar-refractivity contribution in [1.82, 2.24) is 0 Å². The molecule has 36 nitrogen and oxygen atoms in total. The average molecular weight is 1230 g/mol. The standard InChI is InChI=1S/2C22H38O18.2Na/c1-6-7(25)2-22(21(34)35,40-17(6)11(27)8(26)3-23)36-5-10-12(28)13(29)16(32)20(38-10)39-18-9(4-24)37-19(33)15(31)14(18)30;1-6-7(26)2-22(21(34)35,39-16(6)11(28)8(27)3-23)40-18-12(29)9(4-24)37-20(15(18)32)38-17-10(5-25)36-19(33)14(31)13(17)30;;/h2*6-20,23-33H,2-5H2,1H3,(H,34,35);;/q;;2*+1/p-2/t6-,7-,8-,9?,10?,11-,12+,13+,14-,15?,16+,17?,18-,19?,20+,22-;6-,7-,8-,9?,10?,11-,12+,13-,14?,15?,16?,17-,18+,19?,20+,22+;;/m11../s1. The van der Waals surface area contributed by atoms with Gasteiger partial charge in [0.2, 0.25) is 11.6 Å². The van der Waals surface area contributed by atoms with E-state index in [1.807, 2.05) is 0 Å². The van der Waals surface area contributed by atoms with E-state index in [-0.39, 0.29) is 59.1 Å². The summed E-state index contributed by atoms with van der Waals surface area (Å²) in [6.45, 7) is -2.65. The van der Waals surface area contributed by atoms with E-state index < -0.39 is 259 Å². The Kier molecular flexibility index (Phi) is 30.0. The van der Waals surface area contributed by atoms with Crippen LogP contribution in [0.15, 0.2) is 0 Å². The summed E-state index contributed by atoms with van der Waals surface area (Å²) >= 11 is 0. The van der Waals surface area contributed by atoms with Crippen LogP contribution in [0.2, 0.25) is 0 Å². The van der Waals surface area contributed by atoms with Gasteiger partial charge in [-0.15, -0.1) is 0 Å². The first kappa shape index (κ1) is 75.9. The monoisotopic (exact) mass is 1220 g/mol. The van der Waals surface area contributed by atoms with E-state index in [1.54, 1.807) is 0 Å². The molecule has 0 spiro atoms. The van der Waals surface area contributed by atoms with E-state index in [9.17, 15) is 127 Å². The molecular formula is C44H74Na2O36. The number of aliphatic carboxylic acids is 2. The molecule has 0 aromatic carbocycles. The van der Waals surface area contributed by atoms with E-state index in [4.69, 9.17) is 52.5 Å². The molecule has 6 fully saturated rings. The Bertz CT molecular complexity index is 1940. The largest absolute Gasteiger partial charge is 1.00 e. The first-order valence-electron chi connectivity index (χ1n) is 25.1. The van der Waals surface area contributed by atoms with Crippen LogP contribution in [0.1, 0.15) is 26.7 Å². The number of aliphatic hydroxyl groups excluding tert-OH is 22. The number of carboxylic acids is 2. The van der Waals surface area contributed by atoms with Gasteiger partial charge in [0.25, 0.3) is 0 Å². The molecule has 0 aromatic heterocycles. The topological polar surface area (TPSA) is 618 Å². The number of hydrogen-bond donors (Lipinski definition) is 22. The molecule has 82 heavy (non-hydrogen) atoms. The maximum absolute atomic E-state index is 12.3. The Balaban J connectivity index is 0.000000420. The number of carbonyl (C=O) groups excluding carboxylic acids is 2. The van der Waals surface area contributed by atoms with Gasteiger partial charge in [0.15, 0.2) is 25.2 Å². The second kappa shape index (κ2) is 32.4. The molecule has 0 saturated carbocycles. The molecule has 22 N–H and O–H groups in total. The molecule has 0 radical (unpaired) electrons. The van der Waals surface area contributed by atoms with Gasteiger partial charge < -0.3 is 180 Å². The number of aliphatic hydroxyl groups is 22. The molecule has 6 rings (SSSR count). The zero-order valence-corrected chi connectivity index (χ0v) is 48.5. The van der Waals surface area contributed by atoms with Gasteiger partial charge in [-0.1, -0.05) is 13.8 Å². The van der Waals surface area contributed by atoms with Crippen LogP contribution in [0.5, 0.6) is 0 Å². The van der Waals surface area contributed by atoms with Crippen LogP contribution in [0.25, 0.3) is 0 Å². The van der Waals surface area contributed by atoms with E-state index in [1.165, 1.54) is 13.8 Å². The predicted molar refractivity (Wildman–Crippen MR) is 238 cm³/mol. The summed E-state index contributed by atoms with van der Waals surface area (Å²) in [7, 11) is 0. The van der Waals surface area contributed by atoms with Crippen LogP contribution < -0.4 is 69.3 Å². The predicted octanol–water partition coefficient (Wildman–Crippen LogP) is -22.8. The second-order valence-electron chi connectivity index (χ2n) is 20.3. The number of rotatable bonds is 20. The van der Waals surface area contributed by atoms with Gasteiger partial charge in [-0.2, -0.15) is 0 Å². The minimum Gasteiger partial charge on any atom is -0.544 e. The van der Waals surface area contributed by atoms with Crippen molar-refractivity contribution >= 4 is 11.9 Å². The van der Waals surface area contributed by atoms with Gasteiger partial charge in [0.1, 0.15) is 134 Å². The summed E-state index contributed by atoms with van der Waals surface area (Å²) in [5, 5.41) is 246. The number of carbonyl (C=O) groups is 2. The second-order valence-corrected chi connectivity index (χ2v) is 20.3. The fourth-order valence-electron chi connectivity index (χ4n) is 9.75. The number of ether oxygens (including phenoxy) is 10. The van der Waals surface area contributed by atoms with Gasteiger partial charge in [0, 0.05) is 24.7 Å². The molecule has 468 valence electrons. The quantitative estimate of drug-likeness (QED) is 0.0503. The van der Waals surface area contributed by atoms with Crippen molar-refractivity contribution in [3.05, 3.63) is 0 Å². The molecule has 11 unspecified atom stereocenters. The number of hydrogen-bond acceptors (Lipinski definition) is 36. The fraction of sp³-hybridized carbons (Fsp3) is 0.955. The summed E-state index contributed by atoms with van der Waals surface area (Å²) in [4.78, 5) is 24.4. The van der Waals surface area contributed by atoms with Gasteiger partial charge in [0.05, 0.1) is 64.1 Å². The zero-order valence-electron chi connectivity index (χ0n) is 44.5. The molecule has 0 amide bonds. The summed E-state index contributed by atoms with van der Waals surface area (Å²) in [5.74, 6) is -11.8. The third kappa shape index (κ3) is 16.5. The van der Waals surface area contributed by atoms with Crippen molar-refractivity contribution in [1.29, 1.82) is 0 Å². The minimum absolute atomic E-state index is 0. The first-order chi connectivity index (χ1) is 37.4. The van der Waals surface area contributed by atoms with Crippen LogP contribution in [-0.2, 0) is 57.0 Å². The maximum atomic E-state index is 12.3. The molecule has 6 aliphatic heterocycles. The molecule has 0 bridgehead atoms. The van der Waals surface area contributed by atoms with Crippen LogP contribution in [0.4, 0.5) is 0 Å². The summed E-state index contributed by atoms with van der Waals surface area (Å²) in [6, 6.07) is 0. The molecule has 6 saturated heterocycles. The van der Waals surface area contributed by atoms with E-state index >= 15 is 0 Å². The van der Waals surface area contributed by atoms with Crippen LogP contribution in [0, 0.1) is 11.8 Å². The van der Waals surface area contributed by atoms with E-state index in [2.05, 4.69) is 0 Å². The fourth-order valence-corrected chi connectivity index (χ4v) is 9.75. The Hall–Kier alpha value is -0.340. The van der Waals surface area contributed by atoms with E-state index in [0.29, 0.717) is 0 Å². The Labute approximate surface area is 509 Å². The molecule has 6 aliphatic rings. The van der Waals surface area contributed by atoms with Crippen molar-refractivity contribution in [3.8, 4) is 0 Å². The van der Waals surface area contributed by atoms with Crippen molar-refractivity contribution in [3.63, 3.8) is 0 Å². The molecule has 6 heterocycles. The molecule has 38 heteroatoms. The Morgan fingerprint density at radius 3 is 1.28 bits per heavy atom. The molecule has 0 aromatic rings. The summed E-state index contributed by atoms with van der Waals surface area (Å²) in [6.07, 6.45) is -52.0. The van der Waals surface area contributed by atoms with Crippen molar-refractivity contribution in [2.75, 3.05) is 39.6 Å². The van der Waals surface area contributed by atoms with Gasteiger partial charge in [-0.25, -0.2) is 0 Å². The summed E-state index contributed by atoms with van der Waals surface area (Å²) < 4.78 is 53.3. The van der Waals surface area contributed by atoms with Crippen molar-refractivity contribution in [2.45, 2.75) is 210 Å². The van der Waals surface area contributed by atoms with Gasteiger partial charge >= 0.3 is 59.1 Å². The van der Waals surface area contributed by atoms with Crippen LogP contribution in [-0.4, -0.2) is 347 Å². The third-order valence-corrected chi connectivity index (χ3v) is 14.9. The maximum Gasteiger partial charge on any atom is 1.00 e. The first-order valence-corrected chi connectivity index (χ1v) is 25.1.